The number of alkyl halides is 3. The van der Waals surface area contributed by atoms with Gasteiger partial charge in [-0.1, -0.05) is 6.07 Å². The van der Waals surface area contributed by atoms with Crippen LogP contribution >= 0.6 is 0 Å². The summed E-state index contributed by atoms with van der Waals surface area (Å²) >= 11 is 0. The molecule has 0 radical (unpaired) electrons. The molecule has 2 amide bonds. The number of amides is 2. The summed E-state index contributed by atoms with van der Waals surface area (Å²) in [4.78, 5) is 31.6. The van der Waals surface area contributed by atoms with Gasteiger partial charge in [0.2, 0.25) is 15.9 Å². The van der Waals surface area contributed by atoms with Gasteiger partial charge >= 0.3 is 6.18 Å². The van der Waals surface area contributed by atoms with Crippen LogP contribution in [0.25, 0.3) is 11.3 Å². The number of fused-ring (bicyclic) bond motifs is 1. The van der Waals surface area contributed by atoms with Gasteiger partial charge in [0.25, 0.3) is 5.91 Å². The van der Waals surface area contributed by atoms with Crippen LogP contribution in [0.15, 0.2) is 36.5 Å². The van der Waals surface area contributed by atoms with E-state index in [1.807, 2.05) is 4.90 Å². The fourth-order valence-electron chi connectivity index (χ4n) is 7.06. The maximum absolute atomic E-state index is 14.0. The number of likely N-dealkylation sites (tertiary alicyclic amines) is 2. The van der Waals surface area contributed by atoms with Crippen LogP contribution in [0, 0.1) is 0 Å². The number of aromatic amines is 1. The smallest absolute Gasteiger partial charge is 0.390 e. The molecule has 0 aliphatic carbocycles. The minimum atomic E-state index is -4.68. The molecule has 6 rings (SSSR count). The predicted molar refractivity (Wildman–Crippen MR) is 170 cm³/mol. The maximum atomic E-state index is 14.0. The van der Waals surface area contributed by atoms with Crippen LogP contribution in [-0.2, 0) is 47.0 Å². The van der Waals surface area contributed by atoms with Crippen LogP contribution < -0.4 is 5.32 Å². The maximum Gasteiger partial charge on any atom is 0.416 e. The number of aliphatic hydroxyl groups excluding tert-OH is 1. The number of hydrogen-bond acceptors (Lipinski definition) is 7. The molecule has 3 aliphatic heterocycles. The first-order valence-electron chi connectivity index (χ1n) is 16.1. The van der Waals surface area contributed by atoms with Gasteiger partial charge in [-0.2, -0.15) is 22.6 Å². The van der Waals surface area contributed by atoms with Crippen molar-refractivity contribution in [2.24, 2.45) is 0 Å². The predicted octanol–water partition coefficient (Wildman–Crippen LogP) is 2.59. The number of carbonyl (C=O) groups excluding carboxylic acids is 2. The molecule has 16 heteroatoms. The number of hydrogen-bond donors (Lipinski definition) is 3. The lowest BCUT2D eigenvalue weighted by Gasteiger charge is -2.37. The van der Waals surface area contributed by atoms with Gasteiger partial charge in [-0.15, -0.1) is 0 Å². The third kappa shape index (κ3) is 7.46. The molecule has 260 valence electrons. The zero-order valence-electron chi connectivity index (χ0n) is 26.7. The fraction of sp³-hybridized carbons (Fsp3) is 0.531. The minimum absolute atomic E-state index is 0.0117. The van der Waals surface area contributed by atoms with E-state index in [4.69, 9.17) is 5.10 Å². The van der Waals surface area contributed by atoms with E-state index in [1.54, 1.807) is 10.7 Å². The SMILES string of the molecule is CS(=O)(=O)N1CCc2c(c(-c3ccc(C(F)(F)F)c(CNC(=O)c4ccc[nH]4)c3)nn2CC(O)CN2CCC(N3CCCC3=O)CC2)C1. The first-order chi connectivity index (χ1) is 22.8. The molecule has 2 aromatic heterocycles. The fourth-order valence-corrected chi connectivity index (χ4v) is 7.85. The van der Waals surface area contributed by atoms with E-state index in [-0.39, 0.29) is 42.8 Å². The molecule has 3 aromatic rings. The Kier molecular flexibility index (Phi) is 9.71. The summed E-state index contributed by atoms with van der Waals surface area (Å²) in [5.41, 5.74) is 1.08. The van der Waals surface area contributed by atoms with Gasteiger partial charge in [-0.3, -0.25) is 14.3 Å². The number of aliphatic hydroxyl groups is 1. The van der Waals surface area contributed by atoms with Crippen molar-refractivity contribution in [1.29, 1.82) is 0 Å². The van der Waals surface area contributed by atoms with Crippen molar-refractivity contribution in [2.75, 3.05) is 39.0 Å². The van der Waals surface area contributed by atoms with Gasteiger partial charge in [-0.05, 0) is 49.1 Å². The average molecular weight is 692 g/mol. The molecule has 3 aliphatic rings. The molecule has 0 saturated carbocycles. The molecule has 2 fully saturated rings. The summed E-state index contributed by atoms with van der Waals surface area (Å²) in [6, 6.07) is 6.92. The molecule has 0 spiro atoms. The van der Waals surface area contributed by atoms with Crippen LogP contribution in [0.1, 0.15) is 58.6 Å². The number of aromatic nitrogens is 3. The van der Waals surface area contributed by atoms with Crippen molar-refractivity contribution < 1.29 is 36.3 Å². The Labute approximate surface area is 276 Å². The second-order valence-electron chi connectivity index (χ2n) is 12.8. The van der Waals surface area contributed by atoms with Gasteiger partial charge in [-0.25, -0.2) is 8.42 Å². The van der Waals surface area contributed by atoms with E-state index in [1.165, 1.54) is 28.7 Å². The largest absolute Gasteiger partial charge is 0.416 e. The van der Waals surface area contributed by atoms with Gasteiger partial charge < -0.3 is 25.2 Å². The number of piperidine rings is 1. The molecule has 1 unspecified atom stereocenters. The van der Waals surface area contributed by atoms with Gasteiger partial charge in [0.05, 0.1) is 30.2 Å². The van der Waals surface area contributed by atoms with Crippen LogP contribution in [0.2, 0.25) is 0 Å². The quantitative estimate of drug-likeness (QED) is 0.297. The second-order valence-corrected chi connectivity index (χ2v) is 14.8. The highest BCUT2D eigenvalue weighted by Gasteiger charge is 2.36. The number of β-amino-alcohol motifs (C(OH)–C–C–N with tert-alkyl or cyclic N) is 1. The van der Waals surface area contributed by atoms with Crippen LogP contribution in [0.4, 0.5) is 13.2 Å². The standard InChI is InChI=1S/C32H40F3N7O5S/c1-48(46,47)40-15-10-28-25(20-40)30(21-6-7-26(32(33,34)35)22(16-21)17-37-31(45)27-4-2-11-36-27)38-42(28)19-24(43)18-39-13-8-23(9-14-39)41-12-3-5-29(41)44/h2,4,6-7,11,16,23-24,36,43H,3,5,8-10,12-15,17-20H2,1H3,(H,37,45). The monoisotopic (exact) mass is 691 g/mol. The normalized spacial score (nSPS) is 19.1. The summed E-state index contributed by atoms with van der Waals surface area (Å²) in [5, 5.41) is 18.5. The lowest BCUT2D eigenvalue weighted by molar-refractivity contribution is -0.138. The van der Waals surface area contributed by atoms with Crippen LogP contribution in [0.3, 0.4) is 0 Å². The topological polar surface area (TPSA) is 144 Å². The zero-order valence-corrected chi connectivity index (χ0v) is 27.5. The summed E-state index contributed by atoms with van der Waals surface area (Å²) in [6.45, 7) is 2.58. The molecular weight excluding hydrogens is 651 g/mol. The number of benzene rings is 1. The van der Waals surface area contributed by atoms with Crippen LogP contribution in [-0.4, -0.2) is 105 Å². The molecule has 48 heavy (non-hydrogen) atoms. The van der Waals surface area contributed by atoms with Crippen molar-refractivity contribution in [3.63, 3.8) is 0 Å². The Hall–Kier alpha value is -3.73. The second kappa shape index (κ2) is 13.6. The number of carbonyl (C=O) groups is 2. The number of H-pyrrole nitrogens is 1. The highest BCUT2D eigenvalue weighted by molar-refractivity contribution is 7.88. The number of sulfonamides is 1. The molecule has 0 bridgehead atoms. The number of nitrogens with zero attached hydrogens (tertiary/aromatic N) is 5. The van der Waals surface area contributed by atoms with E-state index < -0.39 is 40.3 Å². The molecular formula is C32H40F3N7O5S. The lowest BCUT2D eigenvalue weighted by atomic mass is 9.97. The van der Waals surface area contributed by atoms with Crippen molar-refractivity contribution >= 4 is 21.8 Å². The van der Waals surface area contributed by atoms with E-state index in [2.05, 4.69) is 15.2 Å². The van der Waals surface area contributed by atoms with Crippen LogP contribution in [0.5, 0.6) is 0 Å². The third-order valence-corrected chi connectivity index (χ3v) is 10.7. The average Bonchev–Trinajstić information content (AvgIpc) is 3.80. The number of rotatable bonds is 10. The van der Waals surface area contributed by atoms with E-state index in [9.17, 15) is 36.3 Å². The van der Waals surface area contributed by atoms with Crippen molar-refractivity contribution in [3.05, 3.63) is 64.6 Å². The highest BCUT2D eigenvalue weighted by atomic mass is 32.2. The Bertz CT molecular complexity index is 1750. The van der Waals surface area contributed by atoms with Gasteiger partial charge in [0.15, 0.2) is 0 Å². The summed E-state index contributed by atoms with van der Waals surface area (Å²) in [6.07, 6.45) is 0.642. The Morgan fingerprint density at radius 3 is 2.54 bits per heavy atom. The summed E-state index contributed by atoms with van der Waals surface area (Å²) in [7, 11) is -3.57. The van der Waals surface area contributed by atoms with Crippen molar-refractivity contribution in [2.45, 2.75) is 70.1 Å². The molecule has 5 heterocycles. The first-order valence-corrected chi connectivity index (χ1v) is 18.0. The number of nitrogens with one attached hydrogen (secondary N) is 2. The van der Waals surface area contributed by atoms with E-state index in [0.717, 1.165) is 56.9 Å². The Morgan fingerprint density at radius 1 is 1.12 bits per heavy atom. The molecule has 1 aromatic carbocycles. The first kappa shape index (κ1) is 34.1. The molecule has 2 saturated heterocycles. The van der Waals surface area contributed by atoms with Gasteiger partial charge in [0, 0.05) is 87.7 Å². The molecule has 12 nitrogen and oxygen atoms in total. The van der Waals surface area contributed by atoms with Crippen molar-refractivity contribution in [3.8, 4) is 11.3 Å². The number of halogens is 3. The van der Waals surface area contributed by atoms with E-state index >= 15 is 0 Å². The molecule has 3 N–H and O–H groups in total. The minimum Gasteiger partial charge on any atom is -0.390 e. The highest BCUT2D eigenvalue weighted by Crippen LogP contribution is 2.37. The van der Waals surface area contributed by atoms with E-state index in [0.29, 0.717) is 36.2 Å². The zero-order chi connectivity index (χ0) is 34.2. The third-order valence-electron chi connectivity index (χ3n) is 9.49. The van der Waals surface area contributed by atoms with Crippen molar-refractivity contribution in [1.82, 2.24) is 34.2 Å². The Balaban J connectivity index is 1.24. The summed E-state index contributed by atoms with van der Waals surface area (Å²) in [5.74, 6) is -0.351. The summed E-state index contributed by atoms with van der Waals surface area (Å²) < 4.78 is 70.0. The lowest BCUT2D eigenvalue weighted by Crippen LogP contribution is -2.47. The molecule has 1 atom stereocenters. The van der Waals surface area contributed by atoms with Gasteiger partial charge in [0.1, 0.15) is 5.69 Å². The Morgan fingerprint density at radius 2 is 1.90 bits per heavy atom.